The van der Waals surface area contributed by atoms with Crippen molar-refractivity contribution in [1.82, 2.24) is 19.6 Å². The second kappa shape index (κ2) is 4.48. The Morgan fingerprint density at radius 3 is 3.17 bits per heavy atom. The molecule has 0 spiro atoms. The number of nitrogens with zero attached hydrogens (tertiary/aromatic N) is 4. The zero-order valence-corrected chi connectivity index (χ0v) is 10.00. The van der Waals surface area contributed by atoms with Crippen LogP contribution in [-0.2, 0) is 6.42 Å². The van der Waals surface area contributed by atoms with Gasteiger partial charge in [-0.3, -0.25) is 4.40 Å². The lowest BCUT2D eigenvalue weighted by Gasteiger charge is -2.05. The molecule has 0 bridgehead atoms. The van der Waals surface area contributed by atoms with Gasteiger partial charge in [-0.1, -0.05) is 0 Å². The number of anilines is 1. The molecule has 0 amide bonds. The van der Waals surface area contributed by atoms with Crippen LogP contribution in [0.2, 0.25) is 0 Å². The lowest BCUT2D eigenvalue weighted by atomic mass is 10.3. The molecule has 0 aliphatic carbocycles. The fourth-order valence-corrected chi connectivity index (χ4v) is 1.83. The minimum absolute atomic E-state index is 0.740. The Labute approximate surface area is 104 Å². The molecule has 0 aliphatic heterocycles. The van der Waals surface area contributed by atoms with E-state index in [4.69, 9.17) is 4.42 Å². The van der Waals surface area contributed by atoms with E-state index in [0.29, 0.717) is 0 Å². The Morgan fingerprint density at radius 1 is 1.39 bits per heavy atom. The van der Waals surface area contributed by atoms with Crippen LogP contribution in [0.25, 0.3) is 5.65 Å². The van der Waals surface area contributed by atoms with Crippen LogP contribution in [0.1, 0.15) is 11.6 Å². The number of aryl methyl sites for hydroxylation is 1. The zero-order chi connectivity index (χ0) is 12.4. The SMILES string of the molecule is Cc1nnc2c(NCCc3ccco3)nccn12. The Morgan fingerprint density at radius 2 is 2.33 bits per heavy atom. The van der Waals surface area contributed by atoms with Gasteiger partial charge < -0.3 is 9.73 Å². The predicted octanol–water partition coefficient (Wildman–Crippen LogP) is 1.68. The van der Waals surface area contributed by atoms with Crippen LogP contribution >= 0.6 is 0 Å². The third-order valence-electron chi connectivity index (χ3n) is 2.74. The molecule has 3 rings (SSSR count). The van der Waals surface area contributed by atoms with E-state index < -0.39 is 0 Å². The summed E-state index contributed by atoms with van der Waals surface area (Å²) in [5, 5.41) is 11.4. The van der Waals surface area contributed by atoms with Crippen molar-refractivity contribution < 1.29 is 4.42 Å². The van der Waals surface area contributed by atoms with Crippen LogP contribution < -0.4 is 5.32 Å². The first-order valence-electron chi connectivity index (χ1n) is 5.77. The van der Waals surface area contributed by atoms with E-state index in [1.807, 2.05) is 29.7 Å². The first-order valence-corrected chi connectivity index (χ1v) is 5.77. The summed E-state index contributed by atoms with van der Waals surface area (Å²) in [6.45, 7) is 2.65. The Balaban J connectivity index is 1.74. The van der Waals surface area contributed by atoms with Gasteiger partial charge in [0.05, 0.1) is 6.26 Å². The van der Waals surface area contributed by atoms with Gasteiger partial charge in [-0.15, -0.1) is 10.2 Å². The second-order valence-corrected chi connectivity index (χ2v) is 3.97. The molecule has 3 aromatic heterocycles. The van der Waals surface area contributed by atoms with Gasteiger partial charge in [0, 0.05) is 25.4 Å². The van der Waals surface area contributed by atoms with Crippen LogP contribution in [0, 0.1) is 6.92 Å². The average Bonchev–Trinajstić information content (AvgIpc) is 3.01. The number of fused-ring (bicyclic) bond motifs is 1. The molecular weight excluding hydrogens is 230 g/mol. The Hall–Kier alpha value is -2.37. The van der Waals surface area contributed by atoms with Gasteiger partial charge >= 0.3 is 0 Å². The van der Waals surface area contributed by atoms with Gasteiger partial charge in [0.25, 0.3) is 0 Å². The molecule has 0 radical (unpaired) electrons. The van der Waals surface area contributed by atoms with Gasteiger partial charge in [-0.2, -0.15) is 0 Å². The molecule has 0 saturated heterocycles. The lowest BCUT2D eigenvalue weighted by molar-refractivity contribution is 0.513. The second-order valence-electron chi connectivity index (χ2n) is 3.97. The van der Waals surface area contributed by atoms with Crippen molar-refractivity contribution in [3.63, 3.8) is 0 Å². The third kappa shape index (κ3) is 1.92. The van der Waals surface area contributed by atoms with E-state index in [2.05, 4.69) is 20.5 Å². The van der Waals surface area contributed by atoms with Crippen LogP contribution in [0.4, 0.5) is 5.82 Å². The van der Waals surface area contributed by atoms with Crippen LogP contribution in [-0.4, -0.2) is 26.1 Å². The smallest absolute Gasteiger partial charge is 0.203 e. The molecular formula is C12H13N5O. The highest BCUT2D eigenvalue weighted by atomic mass is 16.3. The highest BCUT2D eigenvalue weighted by Crippen LogP contribution is 2.12. The summed E-state index contributed by atoms with van der Waals surface area (Å²) in [6.07, 6.45) is 6.07. The maximum atomic E-state index is 5.27. The minimum atomic E-state index is 0.740. The van der Waals surface area contributed by atoms with Crippen molar-refractivity contribution in [1.29, 1.82) is 0 Å². The summed E-state index contributed by atoms with van der Waals surface area (Å²) in [5.74, 6) is 2.54. The summed E-state index contributed by atoms with van der Waals surface area (Å²) in [4.78, 5) is 4.27. The fourth-order valence-electron chi connectivity index (χ4n) is 1.83. The molecule has 18 heavy (non-hydrogen) atoms. The molecule has 0 aliphatic rings. The topological polar surface area (TPSA) is 68.2 Å². The maximum absolute atomic E-state index is 5.27. The van der Waals surface area contributed by atoms with Crippen molar-refractivity contribution in [3.05, 3.63) is 42.4 Å². The van der Waals surface area contributed by atoms with Crippen molar-refractivity contribution in [2.45, 2.75) is 13.3 Å². The minimum Gasteiger partial charge on any atom is -0.469 e. The van der Waals surface area contributed by atoms with Gasteiger partial charge in [0.15, 0.2) is 5.82 Å². The molecule has 1 N–H and O–H groups in total. The van der Waals surface area contributed by atoms with Crippen LogP contribution in [0.5, 0.6) is 0 Å². The van der Waals surface area contributed by atoms with Crippen LogP contribution in [0.3, 0.4) is 0 Å². The average molecular weight is 243 g/mol. The van der Waals surface area contributed by atoms with Gasteiger partial charge in [0.1, 0.15) is 11.6 Å². The summed E-state index contributed by atoms with van der Waals surface area (Å²) in [6, 6.07) is 3.84. The molecule has 0 aromatic carbocycles. The van der Waals surface area contributed by atoms with E-state index in [0.717, 1.165) is 36.0 Å². The Kier molecular flexibility index (Phi) is 2.68. The standard InChI is InChI=1S/C12H13N5O/c1-9-15-16-12-11(14-6-7-17(9)12)13-5-4-10-3-2-8-18-10/h2-3,6-8H,4-5H2,1H3,(H,13,14). The largest absolute Gasteiger partial charge is 0.469 e. The molecule has 6 nitrogen and oxygen atoms in total. The predicted molar refractivity (Wildman–Crippen MR) is 66.4 cm³/mol. The van der Waals surface area contributed by atoms with E-state index in [-0.39, 0.29) is 0 Å². The zero-order valence-electron chi connectivity index (χ0n) is 10.00. The fraction of sp³-hybridized carbons (Fsp3) is 0.250. The summed E-state index contributed by atoms with van der Waals surface area (Å²) in [5.41, 5.74) is 0.745. The van der Waals surface area contributed by atoms with E-state index in [1.165, 1.54) is 0 Å². The maximum Gasteiger partial charge on any atom is 0.203 e. The number of hydrogen-bond acceptors (Lipinski definition) is 5. The first-order chi connectivity index (χ1) is 8.84. The molecule has 0 atom stereocenters. The molecule has 92 valence electrons. The van der Waals surface area contributed by atoms with Gasteiger partial charge in [0.2, 0.25) is 5.65 Å². The van der Waals surface area contributed by atoms with E-state index in [1.54, 1.807) is 12.5 Å². The first kappa shape index (κ1) is 10.8. The quantitative estimate of drug-likeness (QED) is 0.755. The molecule has 0 unspecified atom stereocenters. The van der Waals surface area contributed by atoms with Crippen molar-refractivity contribution in [3.8, 4) is 0 Å². The molecule has 0 saturated carbocycles. The monoisotopic (exact) mass is 243 g/mol. The number of nitrogens with one attached hydrogen (secondary N) is 1. The summed E-state index contributed by atoms with van der Waals surface area (Å²) in [7, 11) is 0. The highest BCUT2D eigenvalue weighted by Gasteiger charge is 2.07. The van der Waals surface area contributed by atoms with Gasteiger partial charge in [-0.05, 0) is 19.1 Å². The summed E-state index contributed by atoms with van der Waals surface area (Å²) < 4.78 is 7.17. The van der Waals surface area contributed by atoms with Crippen LogP contribution in [0.15, 0.2) is 35.2 Å². The lowest BCUT2D eigenvalue weighted by Crippen LogP contribution is -2.07. The van der Waals surface area contributed by atoms with E-state index >= 15 is 0 Å². The molecule has 0 fully saturated rings. The van der Waals surface area contributed by atoms with Crippen molar-refractivity contribution in [2.24, 2.45) is 0 Å². The van der Waals surface area contributed by atoms with E-state index in [9.17, 15) is 0 Å². The normalized spacial score (nSPS) is 10.9. The third-order valence-corrected chi connectivity index (χ3v) is 2.74. The molecule has 3 heterocycles. The number of rotatable bonds is 4. The van der Waals surface area contributed by atoms with Crippen molar-refractivity contribution >= 4 is 11.5 Å². The highest BCUT2D eigenvalue weighted by molar-refractivity contribution is 5.61. The number of hydrogen-bond donors (Lipinski definition) is 1. The Bertz CT molecular complexity index is 644. The molecule has 6 heteroatoms. The van der Waals surface area contributed by atoms with Crippen molar-refractivity contribution in [2.75, 3.05) is 11.9 Å². The number of aromatic nitrogens is 4. The number of furan rings is 1. The van der Waals surface area contributed by atoms with Gasteiger partial charge in [-0.25, -0.2) is 4.98 Å². The molecule has 3 aromatic rings. The summed E-state index contributed by atoms with van der Waals surface area (Å²) >= 11 is 0.